The van der Waals surface area contributed by atoms with E-state index in [0.29, 0.717) is 18.2 Å². The van der Waals surface area contributed by atoms with Crippen molar-refractivity contribution in [1.29, 1.82) is 0 Å². The molecule has 2 nitrogen and oxygen atoms in total. The number of halogens is 1. The molecule has 0 aromatic heterocycles. The van der Waals surface area contributed by atoms with Crippen LogP contribution in [0.2, 0.25) is 0 Å². The van der Waals surface area contributed by atoms with Crippen LogP contribution in [0.4, 0.5) is 4.39 Å². The van der Waals surface area contributed by atoms with Crippen LogP contribution in [0.25, 0.3) is 0 Å². The van der Waals surface area contributed by atoms with Gasteiger partial charge in [-0.1, -0.05) is 32.0 Å². The van der Waals surface area contributed by atoms with Gasteiger partial charge in [-0.15, -0.1) is 0 Å². The van der Waals surface area contributed by atoms with Gasteiger partial charge in [0.2, 0.25) is 0 Å². The minimum absolute atomic E-state index is 0.146. The van der Waals surface area contributed by atoms with Gasteiger partial charge in [-0.2, -0.15) is 0 Å². The molecular weight excluding hydrogens is 215 g/mol. The Morgan fingerprint density at radius 1 is 1.24 bits per heavy atom. The van der Waals surface area contributed by atoms with Crippen LogP contribution in [0.3, 0.4) is 0 Å². The topological polar surface area (TPSA) is 29.3 Å². The second-order valence-corrected chi connectivity index (χ2v) is 4.48. The molecule has 0 saturated heterocycles. The lowest BCUT2D eigenvalue weighted by Gasteiger charge is -2.26. The zero-order chi connectivity index (χ0) is 12.8. The van der Waals surface area contributed by atoms with Crippen LogP contribution in [-0.2, 0) is 13.1 Å². The minimum Gasteiger partial charge on any atom is -0.326 e. The van der Waals surface area contributed by atoms with E-state index in [1.54, 1.807) is 6.07 Å². The van der Waals surface area contributed by atoms with Crippen molar-refractivity contribution in [3.63, 3.8) is 0 Å². The maximum absolute atomic E-state index is 14.0. The van der Waals surface area contributed by atoms with Crippen LogP contribution in [0.5, 0.6) is 0 Å². The molecule has 96 valence electrons. The van der Waals surface area contributed by atoms with E-state index in [1.165, 1.54) is 0 Å². The third-order valence-electron chi connectivity index (χ3n) is 3.36. The number of nitrogens with two attached hydrogens (primary N) is 1. The molecule has 3 heteroatoms. The molecule has 0 aliphatic rings. The van der Waals surface area contributed by atoms with Gasteiger partial charge in [0, 0.05) is 30.3 Å². The third-order valence-corrected chi connectivity index (χ3v) is 3.36. The Kier molecular flexibility index (Phi) is 5.59. The Bertz CT molecular complexity index is 348. The Labute approximate surface area is 104 Å². The highest BCUT2D eigenvalue weighted by Gasteiger charge is 2.14. The van der Waals surface area contributed by atoms with Crippen molar-refractivity contribution in [3.8, 4) is 0 Å². The lowest BCUT2D eigenvalue weighted by Crippen LogP contribution is -2.30. The SMILES string of the molecule is CCC(CC)N(C)Cc1cccc(CN)c1F. The van der Waals surface area contributed by atoms with E-state index in [9.17, 15) is 4.39 Å². The fourth-order valence-electron chi connectivity index (χ4n) is 2.22. The fraction of sp³-hybridized carbons (Fsp3) is 0.571. The molecule has 0 fully saturated rings. The quantitative estimate of drug-likeness (QED) is 0.825. The average molecular weight is 238 g/mol. The Morgan fingerprint density at radius 2 is 1.82 bits per heavy atom. The summed E-state index contributed by atoms with van der Waals surface area (Å²) in [5, 5.41) is 0. The molecule has 0 atom stereocenters. The highest BCUT2D eigenvalue weighted by atomic mass is 19.1. The van der Waals surface area contributed by atoms with Gasteiger partial charge in [-0.25, -0.2) is 4.39 Å². The van der Waals surface area contributed by atoms with E-state index >= 15 is 0 Å². The molecule has 1 rings (SSSR count). The zero-order valence-corrected chi connectivity index (χ0v) is 11.0. The highest BCUT2D eigenvalue weighted by molar-refractivity contribution is 5.25. The molecule has 1 aromatic rings. The minimum atomic E-state index is -0.146. The molecule has 0 bridgehead atoms. The van der Waals surface area contributed by atoms with Gasteiger partial charge in [0.15, 0.2) is 0 Å². The zero-order valence-electron chi connectivity index (χ0n) is 11.0. The lowest BCUT2D eigenvalue weighted by atomic mass is 10.1. The molecule has 0 unspecified atom stereocenters. The van der Waals surface area contributed by atoms with Crippen LogP contribution in [0.1, 0.15) is 37.8 Å². The Balaban J connectivity index is 2.81. The van der Waals surface area contributed by atoms with E-state index in [-0.39, 0.29) is 12.4 Å². The lowest BCUT2D eigenvalue weighted by molar-refractivity contribution is 0.219. The first kappa shape index (κ1) is 14.1. The molecule has 0 amide bonds. The first-order valence-electron chi connectivity index (χ1n) is 6.30. The monoisotopic (exact) mass is 238 g/mol. The second kappa shape index (κ2) is 6.72. The van der Waals surface area contributed by atoms with E-state index in [4.69, 9.17) is 5.73 Å². The number of hydrogen-bond donors (Lipinski definition) is 1. The predicted molar refractivity (Wildman–Crippen MR) is 70.1 cm³/mol. The first-order chi connectivity index (χ1) is 8.13. The maximum atomic E-state index is 14.0. The summed E-state index contributed by atoms with van der Waals surface area (Å²) < 4.78 is 14.0. The van der Waals surface area contributed by atoms with Gasteiger partial charge in [-0.05, 0) is 19.9 Å². The molecule has 0 aliphatic heterocycles. The van der Waals surface area contributed by atoms with Gasteiger partial charge in [0.1, 0.15) is 5.82 Å². The van der Waals surface area contributed by atoms with Crippen molar-refractivity contribution >= 4 is 0 Å². The van der Waals surface area contributed by atoms with Gasteiger partial charge in [0.05, 0.1) is 0 Å². The maximum Gasteiger partial charge on any atom is 0.132 e. The average Bonchev–Trinajstić information content (AvgIpc) is 2.33. The molecule has 2 N–H and O–H groups in total. The smallest absolute Gasteiger partial charge is 0.132 e. The van der Waals surface area contributed by atoms with Crippen LogP contribution in [0.15, 0.2) is 18.2 Å². The third kappa shape index (κ3) is 3.51. The van der Waals surface area contributed by atoms with E-state index in [2.05, 4.69) is 18.7 Å². The molecule has 0 saturated carbocycles. The summed E-state index contributed by atoms with van der Waals surface area (Å²) in [4.78, 5) is 2.21. The standard InChI is InChI=1S/C14H23FN2/c1-4-13(5-2)17(3)10-12-8-6-7-11(9-16)14(12)15/h6-8,13H,4-5,9-10,16H2,1-3H3. The van der Waals surface area contributed by atoms with E-state index in [1.807, 2.05) is 19.2 Å². The summed E-state index contributed by atoms with van der Waals surface area (Å²) in [5.74, 6) is -0.146. The number of benzene rings is 1. The molecule has 1 aromatic carbocycles. The van der Waals surface area contributed by atoms with Crippen molar-refractivity contribution < 1.29 is 4.39 Å². The largest absolute Gasteiger partial charge is 0.326 e. The summed E-state index contributed by atoms with van der Waals surface area (Å²) in [6.45, 7) is 5.23. The van der Waals surface area contributed by atoms with Gasteiger partial charge in [-0.3, -0.25) is 4.90 Å². The number of nitrogens with zero attached hydrogens (tertiary/aromatic N) is 1. The van der Waals surface area contributed by atoms with E-state index in [0.717, 1.165) is 18.4 Å². The predicted octanol–water partition coefficient (Wildman–Crippen LogP) is 2.90. The van der Waals surface area contributed by atoms with Crippen molar-refractivity contribution in [1.82, 2.24) is 4.90 Å². The van der Waals surface area contributed by atoms with Gasteiger partial charge < -0.3 is 5.73 Å². The van der Waals surface area contributed by atoms with Crippen molar-refractivity contribution in [2.24, 2.45) is 5.73 Å². The fourth-order valence-corrected chi connectivity index (χ4v) is 2.22. The van der Waals surface area contributed by atoms with Crippen LogP contribution in [-0.4, -0.2) is 18.0 Å². The van der Waals surface area contributed by atoms with E-state index < -0.39 is 0 Å². The summed E-state index contributed by atoms with van der Waals surface area (Å²) in [5.41, 5.74) is 6.84. The van der Waals surface area contributed by atoms with Crippen molar-refractivity contribution in [3.05, 3.63) is 35.1 Å². The summed E-state index contributed by atoms with van der Waals surface area (Å²) >= 11 is 0. The molecular formula is C14H23FN2. The normalized spacial score (nSPS) is 11.5. The van der Waals surface area contributed by atoms with Crippen molar-refractivity contribution in [2.45, 2.75) is 45.8 Å². The molecule has 0 aliphatic carbocycles. The Morgan fingerprint density at radius 3 is 2.35 bits per heavy atom. The molecule has 0 spiro atoms. The number of rotatable bonds is 6. The molecule has 17 heavy (non-hydrogen) atoms. The summed E-state index contributed by atoms with van der Waals surface area (Å²) in [6, 6.07) is 5.97. The highest BCUT2D eigenvalue weighted by Crippen LogP contribution is 2.16. The van der Waals surface area contributed by atoms with Gasteiger partial charge >= 0.3 is 0 Å². The van der Waals surface area contributed by atoms with Gasteiger partial charge in [0.25, 0.3) is 0 Å². The van der Waals surface area contributed by atoms with Crippen LogP contribution in [0, 0.1) is 5.82 Å². The second-order valence-electron chi connectivity index (χ2n) is 4.48. The van der Waals surface area contributed by atoms with Crippen molar-refractivity contribution in [2.75, 3.05) is 7.05 Å². The summed E-state index contributed by atoms with van der Waals surface area (Å²) in [7, 11) is 2.05. The van der Waals surface area contributed by atoms with Crippen LogP contribution >= 0.6 is 0 Å². The van der Waals surface area contributed by atoms with Crippen LogP contribution < -0.4 is 5.73 Å². The first-order valence-corrected chi connectivity index (χ1v) is 6.30. The molecule has 0 radical (unpaired) electrons. The Hall–Kier alpha value is -0.930. The summed E-state index contributed by atoms with van der Waals surface area (Å²) in [6.07, 6.45) is 2.18. The number of hydrogen-bond acceptors (Lipinski definition) is 2. The molecule has 0 heterocycles.